The van der Waals surface area contributed by atoms with Crippen LogP contribution in [0.15, 0.2) is 35.2 Å². The molecule has 0 spiro atoms. The second-order valence-electron chi connectivity index (χ2n) is 9.20. The van der Waals surface area contributed by atoms with Gasteiger partial charge in [0.15, 0.2) is 0 Å². The van der Waals surface area contributed by atoms with Crippen molar-refractivity contribution in [2.45, 2.75) is 62.8 Å². The highest BCUT2D eigenvalue weighted by Gasteiger charge is 2.50. The zero-order chi connectivity index (χ0) is 28.6. The third-order valence-electron chi connectivity index (χ3n) is 5.82. The van der Waals surface area contributed by atoms with Crippen molar-refractivity contribution in [2.24, 2.45) is 0 Å². The summed E-state index contributed by atoms with van der Waals surface area (Å²) in [6.45, 7) is 2.14. The molecule has 0 saturated carbocycles. The van der Waals surface area contributed by atoms with E-state index in [1.54, 1.807) is 0 Å². The number of sulfonamides is 1. The van der Waals surface area contributed by atoms with Crippen molar-refractivity contribution in [1.82, 2.24) is 0 Å². The molecule has 0 unspecified atom stereocenters. The first kappa shape index (κ1) is 29.1. The molecule has 1 heterocycles. The minimum Gasteiger partial charge on any atom is -0.486 e. The Hall–Kier alpha value is -3.42. The molecule has 2 aromatic rings. The molecule has 38 heavy (non-hydrogen) atoms. The molecule has 0 radical (unpaired) electrons. The van der Waals surface area contributed by atoms with Gasteiger partial charge in [-0.3, -0.25) is 13.9 Å². The highest BCUT2D eigenvalue weighted by molar-refractivity contribution is 7.92. The predicted octanol–water partition coefficient (Wildman–Crippen LogP) is 4.52. The Bertz CT molecular complexity index is 1360. The number of aliphatic carboxylic acids is 1. The number of carboxylic acids is 1. The fourth-order valence-corrected chi connectivity index (χ4v) is 5.25. The fourth-order valence-electron chi connectivity index (χ4n) is 3.62. The van der Waals surface area contributed by atoms with Gasteiger partial charge in [-0.25, -0.2) is 17.2 Å². The number of carboxylic acid groups (broad SMARTS) is 1. The normalized spacial score (nSPS) is 16.0. The summed E-state index contributed by atoms with van der Waals surface area (Å²) in [6, 6.07) is 4.95. The maximum atomic E-state index is 14.6. The second kappa shape index (κ2) is 10.4. The van der Waals surface area contributed by atoms with Crippen LogP contribution in [-0.4, -0.2) is 49.9 Å². The number of hydrogen-bond acceptors (Lipinski definition) is 6. The van der Waals surface area contributed by atoms with Crippen molar-refractivity contribution < 1.29 is 54.5 Å². The van der Waals surface area contributed by atoms with E-state index in [0.717, 1.165) is 16.4 Å². The van der Waals surface area contributed by atoms with E-state index in [-0.39, 0.29) is 35.4 Å². The lowest BCUT2D eigenvalue weighted by Crippen LogP contribution is -2.44. The average molecular weight is 566 g/mol. The Morgan fingerprint density at radius 1 is 1.13 bits per heavy atom. The van der Waals surface area contributed by atoms with E-state index in [0.29, 0.717) is 19.9 Å². The summed E-state index contributed by atoms with van der Waals surface area (Å²) < 4.78 is 106. The van der Waals surface area contributed by atoms with Crippen LogP contribution in [0.25, 0.3) is 0 Å². The maximum Gasteiger partial charge on any atom is 0.427 e. The lowest BCUT2D eigenvalue weighted by Gasteiger charge is -2.36. The summed E-state index contributed by atoms with van der Waals surface area (Å²) in [4.78, 5) is 22.4. The first-order chi connectivity index (χ1) is 17.4. The molecule has 1 N–H and O–H groups in total. The minimum atomic E-state index is -4.83. The average Bonchev–Trinajstić information content (AvgIpc) is 2.78. The number of hydrogen-bond donors (Lipinski definition) is 1. The number of benzene rings is 2. The number of anilines is 1. The van der Waals surface area contributed by atoms with Gasteiger partial charge in [0.2, 0.25) is 5.60 Å². The monoisotopic (exact) mass is 565 g/mol. The molecule has 3 rings (SSSR count). The van der Waals surface area contributed by atoms with Crippen LogP contribution in [0.5, 0.6) is 5.75 Å². The maximum absolute atomic E-state index is 14.6. The quantitative estimate of drug-likeness (QED) is 0.370. The zero-order valence-electron chi connectivity index (χ0n) is 20.4. The molecule has 1 atom stereocenters. The van der Waals surface area contributed by atoms with Gasteiger partial charge in [-0.2, -0.15) is 13.2 Å². The van der Waals surface area contributed by atoms with Gasteiger partial charge in [0.1, 0.15) is 28.4 Å². The number of ether oxygens (including phenoxy) is 2. The molecule has 14 heteroatoms. The van der Waals surface area contributed by atoms with E-state index in [9.17, 15) is 40.0 Å². The van der Waals surface area contributed by atoms with Crippen LogP contribution in [0.2, 0.25) is 0 Å². The lowest BCUT2D eigenvalue weighted by molar-refractivity contribution is -0.257. The number of halogens is 5. The van der Waals surface area contributed by atoms with E-state index >= 15 is 0 Å². The van der Waals surface area contributed by atoms with E-state index in [2.05, 4.69) is 4.74 Å². The van der Waals surface area contributed by atoms with Crippen LogP contribution < -0.4 is 9.04 Å². The van der Waals surface area contributed by atoms with E-state index in [1.807, 2.05) is 0 Å². The van der Waals surface area contributed by atoms with Crippen molar-refractivity contribution in [3.8, 4) is 5.75 Å². The molecular weight excluding hydrogens is 541 g/mol. The summed E-state index contributed by atoms with van der Waals surface area (Å²) in [5, 5.41) is 9.00. The van der Waals surface area contributed by atoms with Gasteiger partial charge in [-0.05, 0) is 56.5 Å². The van der Waals surface area contributed by atoms with Crippen LogP contribution in [0.3, 0.4) is 0 Å². The molecule has 8 nitrogen and oxygen atoms in total. The molecule has 0 saturated heterocycles. The summed E-state index contributed by atoms with van der Waals surface area (Å²) in [5.74, 6) is -4.78. The van der Waals surface area contributed by atoms with Crippen molar-refractivity contribution >= 4 is 27.6 Å². The molecule has 2 aromatic carbocycles. The molecule has 1 aliphatic rings. The molecular formula is C24H24F5NO7S. The Labute approximate surface area is 215 Å². The van der Waals surface area contributed by atoms with Crippen LogP contribution in [0, 0.1) is 18.6 Å². The number of carbonyl (C=O) groups excluding carboxylic acids is 1. The smallest absolute Gasteiger partial charge is 0.427 e. The van der Waals surface area contributed by atoms with E-state index in [4.69, 9.17) is 9.84 Å². The first-order valence-electron chi connectivity index (χ1n) is 11.2. The Morgan fingerprint density at radius 3 is 2.39 bits per heavy atom. The van der Waals surface area contributed by atoms with E-state index < -0.39 is 69.3 Å². The summed E-state index contributed by atoms with van der Waals surface area (Å²) in [6.07, 6.45) is -6.92. The van der Waals surface area contributed by atoms with Crippen LogP contribution in [0.1, 0.15) is 37.8 Å². The van der Waals surface area contributed by atoms with Crippen molar-refractivity contribution in [1.29, 1.82) is 0 Å². The largest absolute Gasteiger partial charge is 0.486 e. The number of aryl methyl sites for hydroxylation is 1. The first-order valence-corrected chi connectivity index (χ1v) is 12.6. The molecule has 0 fully saturated rings. The highest BCUT2D eigenvalue weighted by atomic mass is 32.2. The number of fused-ring (bicyclic) bond motifs is 1. The van der Waals surface area contributed by atoms with Crippen molar-refractivity contribution in [3.63, 3.8) is 0 Å². The third kappa shape index (κ3) is 6.17. The van der Waals surface area contributed by atoms with Gasteiger partial charge in [0.05, 0.1) is 18.7 Å². The number of rotatable bonds is 8. The molecule has 0 bridgehead atoms. The topological polar surface area (TPSA) is 110 Å². The van der Waals surface area contributed by atoms with Gasteiger partial charge in [0.25, 0.3) is 10.0 Å². The summed E-state index contributed by atoms with van der Waals surface area (Å²) in [5.41, 5.74) is -3.02. The lowest BCUT2D eigenvalue weighted by atomic mass is 10.1. The van der Waals surface area contributed by atoms with Crippen molar-refractivity contribution in [3.05, 3.63) is 53.1 Å². The van der Waals surface area contributed by atoms with Gasteiger partial charge in [0, 0.05) is 12.5 Å². The minimum absolute atomic E-state index is 0.0535. The summed E-state index contributed by atoms with van der Waals surface area (Å²) >= 11 is 0. The second-order valence-corrected chi connectivity index (χ2v) is 11.0. The van der Waals surface area contributed by atoms with E-state index in [1.165, 1.54) is 19.1 Å². The number of alkyl halides is 3. The van der Waals surface area contributed by atoms with Crippen LogP contribution in [0.4, 0.5) is 27.6 Å². The summed E-state index contributed by atoms with van der Waals surface area (Å²) in [7, 11) is -4.71. The number of carbonyl (C=O) groups is 2. The molecule has 208 valence electrons. The highest BCUT2D eigenvalue weighted by Crippen LogP contribution is 2.40. The molecule has 0 aromatic heterocycles. The van der Waals surface area contributed by atoms with Crippen LogP contribution in [-0.2, 0) is 30.8 Å². The molecule has 1 aliphatic heterocycles. The van der Waals surface area contributed by atoms with Crippen molar-refractivity contribution in [2.75, 3.05) is 10.8 Å². The standard InChI is InChI=1S/C24H24F5NO7S/c1-13-8-20(17(26)11-16(13)25)38(34,35)30-12-15(5-7-21(31)32)36-19-6-4-14(9-18(19)30)10-22(33)37-23(2,3)24(27,28)29/h4,6,8-9,11,15H,5,7,10,12H2,1-3H3,(H,31,32)/t15-/m0/s1. The van der Waals surface area contributed by atoms with Crippen LogP contribution >= 0.6 is 0 Å². The van der Waals surface area contributed by atoms with Gasteiger partial charge >= 0.3 is 18.1 Å². The third-order valence-corrected chi connectivity index (χ3v) is 7.61. The zero-order valence-corrected chi connectivity index (χ0v) is 21.3. The Balaban J connectivity index is 2.01. The van der Waals surface area contributed by atoms with Gasteiger partial charge < -0.3 is 14.6 Å². The number of esters is 1. The number of nitrogens with zero attached hydrogens (tertiary/aromatic N) is 1. The Kier molecular flexibility index (Phi) is 7.97. The molecule has 0 amide bonds. The van der Waals surface area contributed by atoms with Gasteiger partial charge in [-0.1, -0.05) is 6.07 Å². The molecule has 0 aliphatic carbocycles. The SMILES string of the molecule is Cc1cc(S(=O)(=O)N2C[C@H](CCC(=O)O)Oc3ccc(CC(=O)OC(C)(C)C(F)(F)F)cc32)c(F)cc1F. The fraction of sp³-hybridized carbons (Fsp3) is 0.417. The van der Waals surface area contributed by atoms with Gasteiger partial charge in [-0.15, -0.1) is 0 Å². The Morgan fingerprint density at radius 2 is 1.79 bits per heavy atom. The predicted molar refractivity (Wildman–Crippen MR) is 123 cm³/mol.